The highest BCUT2D eigenvalue weighted by Gasteiger charge is 2.46. The van der Waals surface area contributed by atoms with Crippen LogP contribution in [0, 0.1) is 0 Å². The zero-order valence-corrected chi connectivity index (χ0v) is 21.5. The second kappa shape index (κ2) is 13.1. The highest BCUT2D eigenvalue weighted by molar-refractivity contribution is 6.99. The maximum atomic E-state index is 12.3. The summed E-state index contributed by atoms with van der Waals surface area (Å²) in [7, 11) is 2.12. The number of rotatable bonds is 14. The van der Waals surface area contributed by atoms with E-state index in [2.05, 4.69) is 35.7 Å². The monoisotopic (exact) mass is 468 g/mol. The van der Waals surface area contributed by atoms with Gasteiger partial charge >= 0.3 is 6.16 Å². The summed E-state index contributed by atoms with van der Waals surface area (Å²) in [5.74, 6) is 0.622. The van der Waals surface area contributed by atoms with Crippen molar-refractivity contribution in [2.24, 2.45) is 0 Å². The Kier molecular flexibility index (Phi) is 10.9. The van der Waals surface area contributed by atoms with Gasteiger partial charge in [-0.15, -0.1) is 4.37 Å². The Morgan fingerprint density at radius 1 is 1.06 bits per heavy atom. The third-order valence-electron chi connectivity index (χ3n) is 6.38. The summed E-state index contributed by atoms with van der Waals surface area (Å²) in [4.78, 5) is 12.3. The quantitative estimate of drug-likeness (QED) is 0.184. The first-order valence-electron chi connectivity index (χ1n) is 12.2. The zero-order chi connectivity index (χ0) is 23.5. The highest BCUT2D eigenvalue weighted by atomic mass is 32.1. The van der Waals surface area contributed by atoms with E-state index in [4.69, 9.17) is 14.2 Å². The normalized spacial score (nSPS) is 18.8. The molecule has 0 spiro atoms. The summed E-state index contributed by atoms with van der Waals surface area (Å²) in [6.45, 7) is 10.9. The molecule has 1 aliphatic heterocycles. The van der Waals surface area contributed by atoms with E-state index >= 15 is 0 Å². The van der Waals surface area contributed by atoms with Gasteiger partial charge in [-0.25, -0.2) is 4.79 Å². The van der Waals surface area contributed by atoms with Crippen LogP contribution in [0.15, 0.2) is 6.08 Å². The first-order chi connectivity index (χ1) is 15.3. The fraction of sp³-hybridized carbons (Fsp3) is 0.792. The summed E-state index contributed by atoms with van der Waals surface area (Å²) in [6, 6.07) is 0. The van der Waals surface area contributed by atoms with E-state index in [9.17, 15) is 4.79 Å². The number of hydrogen-bond donors (Lipinski definition) is 0. The molecule has 0 bridgehead atoms. The lowest BCUT2D eigenvalue weighted by molar-refractivity contribution is -0.971. The summed E-state index contributed by atoms with van der Waals surface area (Å²) < 4.78 is 26.5. The molecule has 2 heterocycles. The maximum Gasteiger partial charge on any atom is 0.512 e. The van der Waals surface area contributed by atoms with Gasteiger partial charge in [-0.05, 0) is 12.8 Å². The minimum Gasteiger partial charge on any atom is -0.475 e. The zero-order valence-electron chi connectivity index (χ0n) is 20.7. The van der Waals surface area contributed by atoms with Crippen LogP contribution in [-0.2, 0) is 9.47 Å². The predicted octanol–water partition coefficient (Wildman–Crippen LogP) is 6.20. The summed E-state index contributed by atoms with van der Waals surface area (Å²) in [5.41, 5.74) is 1.19. The topological polar surface area (TPSA) is 70.5 Å². The average molecular weight is 469 g/mol. The lowest BCUT2D eigenvalue weighted by atomic mass is 10.0. The van der Waals surface area contributed by atoms with Crippen LogP contribution >= 0.6 is 11.7 Å². The molecule has 32 heavy (non-hydrogen) atoms. The number of hydrogen-bond acceptors (Lipinski definition) is 7. The molecule has 0 fully saturated rings. The standard InChI is InChI=1S/C24H42N3O4S/c1-6-8-10-12-17-29-22-21(25-32-26-22)20-15-14-16-27(5,19-20)24(3,4)31-23(28)30-18-13-11-9-7-2/h15H,6-14,16-19H2,1-5H3/q+1. The molecule has 2 rings (SSSR count). The van der Waals surface area contributed by atoms with Crippen molar-refractivity contribution in [2.45, 2.75) is 91.2 Å². The summed E-state index contributed by atoms with van der Waals surface area (Å²) in [5, 5.41) is 0. The van der Waals surface area contributed by atoms with Crippen LogP contribution < -0.4 is 4.74 Å². The van der Waals surface area contributed by atoms with Gasteiger partial charge in [0.05, 0.1) is 38.5 Å². The Bertz CT molecular complexity index is 735. The van der Waals surface area contributed by atoms with Crippen molar-refractivity contribution >= 4 is 23.5 Å². The third-order valence-corrected chi connectivity index (χ3v) is 6.89. The number of quaternary nitrogens is 1. The molecule has 7 nitrogen and oxygen atoms in total. The van der Waals surface area contributed by atoms with E-state index in [1.807, 2.05) is 13.8 Å². The van der Waals surface area contributed by atoms with Crippen molar-refractivity contribution in [3.63, 3.8) is 0 Å². The highest BCUT2D eigenvalue weighted by Crippen LogP contribution is 2.35. The molecule has 0 radical (unpaired) electrons. The fourth-order valence-corrected chi connectivity index (χ4v) is 4.40. The van der Waals surface area contributed by atoms with E-state index < -0.39 is 11.9 Å². The van der Waals surface area contributed by atoms with E-state index in [0.29, 0.717) is 30.1 Å². The van der Waals surface area contributed by atoms with Gasteiger partial charge in [-0.2, -0.15) is 4.37 Å². The van der Waals surface area contributed by atoms with Gasteiger partial charge in [0.1, 0.15) is 12.2 Å². The van der Waals surface area contributed by atoms with Gasteiger partial charge in [-0.1, -0.05) is 58.4 Å². The Morgan fingerprint density at radius 2 is 1.75 bits per heavy atom. The molecule has 0 saturated carbocycles. The first-order valence-corrected chi connectivity index (χ1v) is 12.9. The Morgan fingerprint density at radius 3 is 2.44 bits per heavy atom. The van der Waals surface area contributed by atoms with E-state index in [1.54, 1.807) is 0 Å². The lowest BCUT2D eigenvalue weighted by Gasteiger charge is -2.47. The SMILES string of the molecule is CCCCCCOC(=O)OC(C)(C)[N+]1(C)CCC=C(c2nsnc2OCCCCCC)C1. The van der Waals surface area contributed by atoms with Gasteiger partial charge in [0.25, 0.3) is 5.88 Å². The van der Waals surface area contributed by atoms with E-state index in [1.165, 1.54) is 31.0 Å². The van der Waals surface area contributed by atoms with Gasteiger partial charge < -0.3 is 14.2 Å². The molecule has 0 aliphatic carbocycles. The van der Waals surface area contributed by atoms with Crippen LogP contribution in [0.5, 0.6) is 5.88 Å². The number of aromatic nitrogens is 2. The molecule has 1 atom stereocenters. The molecular formula is C24H42N3O4S+. The van der Waals surface area contributed by atoms with Crippen LogP contribution in [0.1, 0.15) is 91.2 Å². The molecule has 0 saturated heterocycles. The molecule has 1 aromatic rings. The summed E-state index contributed by atoms with van der Waals surface area (Å²) >= 11 is 1.18. The van der Waals surface area contributed by atoms with Gasteiger partial charge in [0.15, 0.2) is 0 Å². The number of ether oxygens (including phenoxy) is 3. The van der Waals surface area contributed by atoms with E-state index in [-0.39, 0.29) is 0 Å². The number of carbonyl (C=O) groups excluding carboxylic acids is 1. The molecule has 8 heteroatoms. The van der Waals surface area contributed by atoms with Crippen molar-refractivity contribution < 1.29 is 23.5 Å². The van der Waals surface area contributed by atoms with Crippen molar-refractivity contribution in [3.05, 3.63) is 11.8 Å². The lowest BCUT2D eigenvalue weighted by Crippen LogP contribution is -2.62. The first kappa shape index (κ1) is 26.6. The maximum absolute atomic E-state index is 12.3. The second-order valence-corrected chi connectivity index (χ2v) is 9.86. The molecule has 1 unspecified atom stereocenters. The smallest absolute Gasteiger partial charge is 0.475 e. The van der Waals surface area contributed by atoms with Gasteiger partial charge in [0.2, 0.25) is 5.72 Å². The van der Waals surface area contributed by atoms with Crippen molar-refractivity contribution in [3.8, 4) is 5.88 Å². The summed E-state index contributed by atoms with van der Waals surface area (Å²) in [6.07, 6.45) is 11.4. The number of unbranched alkanes of at least 4 members (excludes halogenated alkanes) is 6. The predicted molar refractivity (Wildman–Crippen MR) is 129 cm³/mol. The van der Waals surface area contributed by atoms with Crippen LogP contribution in [-0.4, -0.2) is 58.5 Å². The molecule has 0 aromatic carbocycles. The molecule has 1 aliphatic rings. The minimum absolute atomic E-state index is 0.410. The minimum atomic E-state index is -0.732. The van der Waals surface area contributed by atoms with Gasteiger partial charge in [-0.3, -0.25) is 4.48 Å². The Labute approximate surface area is 198 Å². The van der Waals surface area contributed by atoms with Gasteiger partial charge in [0, 0.05) is 25.8 Å². The van der Waals surface area contributed by atoms with Crippen LogP contribution in [0.2, 0.25) is 0 Å². The molecule has 1 aromatic heterocycles. The van der Waals surface area contributed by atoms with Crippen molar-refractivity contribution in [1.29, 1.82) is 0 Å². The second-order valence-electron chi connectivity index (χ2n) is 9.33. The fourth-order valence-electron chi connectivity index (χ4n) is 3.87. The molecular weight excluding hydrogens is 426 g/mol. The average Bonchev–Trinajstić information content (AvgIpc) is 3.21. The largest absolute Gasteiger partial charge is 0.512 e. The van der Waals surface area contributed by atoms with Crippen LogP contribution in [0.3, 0.4) is 0 Å². The number of likely N-dealkylation sites (N-methyl/N-ethyl adjacent to an activating group) is 1. The molecule has 0 N–H and O–H groups in total. The van der Waals surface area contributed by atoms with Crippen molar-refractivity contribution in [2.75, 3.05) is 33.4 Å². The molecule has 182 valence electrons. The Balaban J connectivity index is 1.94. The number of nitrogens with zero attached hydrogens (tertiary/aromatic N) is 3. The van der Waals surface area contributed by atoms with Crippen LogP contribution in [0.25, 0.3) is 5.57 Å². The van der Waals surface area contributed by atoms with E-state index in [0.717, 1.165) is 56.3 Å². The number of carbonyl (C=O) groups is 1. The third kappa shape index (κ3) is 7.73. The molecule has 0 amide bonds. The van der Waals surface area contributed by atoms with Crippen LogP contribution in [0.4, 0.5) is 4.79 Å². The van der Waals surface area contributed by atoms with Crippen molar-refractivity contribution in [1.82, 2.24) is 8.75 Å². The Hall–Kier alpha value is -1.67.